The third-order valence-corrected chi connectivity index (χ3v) is 3.26. The van der Waals surface area contributed by atoms with Crippen molar-refractivity contribution in [1.29, 1.82) is 0 Å². The van der Waals surface area contributed by atoms with Crippen LogP contribution in [0.1, 0.15) is 22.3 Å². The number of rotatable bonds is 4. The molecule has 0 heterocycles. The number of hydrogen-bond donors (Lipinski definition) is 0. The Morgan fingerprint density at radius 3 is 2.04 bits per heavy atom. The highest BCUT2D eigenvalue weighted by atomic mass is 19.4. The molecule has 0 saturated carbocycles. The number of halogens is 6. The Balaban J connectivity index is 2.27. The van der Waals surface area contributed by atoms with E-state index >= 15 is 0 Å². The molecule has 0 saturated heterocycles. The summed E-state index contributed by atoms with van der Waals surface area (Å²) in [6.07, 6.45) is -8.06. The molecule has 0 amide bonds. The smallest absolute Gasteiger partial charge is 0.406 e. The first kappa shape index (κ1) is 17.9. The Hall–Kier alpha value is -2.44. The molecule has 0 aliphatic rings. The summed E-state index contributed by atoms with van der Waals surface area (Å²) in [4.78, 5) is 0. The van der Waals surface area contributed by atoms with E-state index in [9.17, 15) is 26.3 Å². The van der Waals surface area contributed by atoms with Crippen LogP contribution >= 0.6 is 0 Å². The second-order valence-corrected chi connectivity index (χ2v) is 4.95. The summed E-state index contributed by atoms with van der Waals surface area (Å²) in [6, 6.07) is 8.73. The van der Waals surface area contributed by atoms with Gasteiger partial charge in [0.25, 0.3) is 0 Å². The lowest BCUT2D eigenvalue weighted by Gasteiger charge is -2.15. The first-order chi connectivity index (χ1) is 11.1. The van der Waals surface area contributed by atoms with Crippen molar-refractivity contribution in [1.82, 2.24) is 0 Å². The Morgan fingerprint density at radius 2 is 1.54 bits per heavy atom. The molecular weight excluding hydrogens is 334 g/mol. The van der Waals surface area contributed by atoms with Crippen molar-refractivity contribution < 1.29 is 31.1 Å². The summed E-state index contributed by atoms with van der Waals surface area (Å²) < 4.78 is 79.0. The second-order valence-electron chi connectivity index (χ2n) is 4.95. The SMILES string of the molecule is C=Cc1c(Cc2ccc(OC(F)(F)F)cc2)cccc1C(F)(F)F. The number of benzene rings is 2. The predicted molar refractivity (Wildman–Crippen MR) is 77.5 cm³/mol. The molecule has 128 valence electrons. The molecule has 0 aliphatic heterocycles. The van der Waals surface area contributed by atoms with Gasteiger partial charge in [-0.3, -0.25) is 0 Å². The molecule has 2 aromatic carbocycles. The minimum Gasteiger partial charge on any atom is -0.406 e. The average Bonchev–Trinajstić information content (AvgIpc) is 2.46. The maximum Gasteiger partial charge on any atom is 0.573 e. The van der Waals surface area contributed by atoms with Gasteiger partial charge in [0.15, 0.2) is 0 Å². The zero-order valence-electron chi connectivity index (χ0n) is 12.2. The predicted octanol–water partition coefficient (Wildman–Crippen LogP) is 5.84. The van der Waals surface area contributed by atoms with Crippen LogP contribution in [0.5, 0.6) is 5.75 Å². The minimum atomic E-state index is -4.79. The van der Waals surface area contributed by atoms with E-state index in [0.717, 1.165) is 24.3 Å². The first-order valence-electron chi connectivity index (χ1n) is 6.76. The molecule has 0 atom stereocenters. The summed E-state index contributed by atoms with van der Waals surface area (Å²) in [7, 11) is 0. The van der Waals surface area contributed by atoms with E-state index in [2.05, 4.69) is 11.3 Å². The number of hydrogen-bond acceptors (Lipinski definition) is 1. The van der Waals surface area contributed by atoms with Gasteiger partial charge in [-0.1, -0.05) is 36.9 Å². The zero-order chi connectivity index (χ0) is 18.0. The van der Waals surface area contributed by atoms with Gasteiger partial charge in [-0.25, -0.2) is 0 Å². The van der Waals surface area contributed by atoms with Crippen molar-refractivity contribution in [2.45, 2.75) is 19.0 Å². The molecule has 0 spiro atoms. The first-order valence-corrected chi connectivity index (χ1v) is 6.76. The van der Waals surface area contributed by atoms with E-state index < -0.39 is 18.1 Å². The molecule has 0 bridgehead atoms. The topological polar surface area (TPSA) is 9.23 Å². The fourth-order valence-corrected chi connectivity index (χ4v) is 2.28. The van der Waals surface area contributed by atoms with Crippen molar-refractivity contribution in [2.75, 3.05) is 0 Å². The Labute approximate surface area is 134 Å². The minimum absolute atomic E-state index is 0.0411. The molecule has 2 aromatic rings. The summed E-state index contributed by atoms with van der Waals surface area (Å²) in [6.45, 7) is 3.42. The third-order valence-electron chi connectivity index (χ3n) is 3.26. The Kier molecular flexibility index (Phi) is 4.91. The molecule has 0 aromatic heterocycles. The van der Waals surface area contributed by atoms with Gasteiger partial charge < -0.3 is 4.74 Å². The molecule has 0 unspecified atom stereocenters. The number of alkyl halides is 6. The third kappa shape index (κ3) is 4.53. The van der Waals surface area contributed by atoms with E-state index in [1.165, 1.54) is 24.3 Å². The van der Waals surface area contributed by atoms with Crippen molar-refractivity contribution in [3.63, 3.8) is 0 Å². The van der Waals surface area contributed by atoms with Crippen LogP contribution in [0.2, 0.25) is 0 Å². The highest BCUT2D eigenvalue weighted by molar-refractivity contribution is 5.58. The molecule has 0 radical (unpaired) electrons. The van der Waals surface area contributed by atoms with Crippen LogP contribution in [0.15, 0.2) is 49.0 Å². The highest BCUT2D eigenvalue weighted by Crippen LogP contribution is 2.34. The summed E-state index contributed by atoms with van der Waals surface area (Å²) in [5, 5.41) is 0. The molecular formula is C17H12F6O. The largest absolute Gasteiger partial charge is 0.573 e. The molecule has 2 rings (SSSR count). The van der Waals surface area contributed by atoms with E-state index in [4.69, 9.17) is 0 Å². The van der Waals surface area contributed by atoms with Gasteiger partial charge in [-0.2, -0.15) is 13.2 Å². The summed E-state index contributed by atoms with van der Waals surface area (Å²) in [5.41, 5.74) is 0.0870. The van der Waals surface area contributed by atoms with Crippen molar-refractivity contribution in [3.8, 4) is 5.75 Å². The number of ether oxygens (including phenoxy) is 1. The van der Waals surface area contributed by atoms with Gasteiger partial charge in [0.1, 0.15) is 5.75 Å². The lowest BCUT2D eigenvalue weighted by molar-refractivity contribution is -0.274. The van der Waals surface area contributed by atoms with Crippen LogP contribution in [0, 0.1) is 0 Å². The van der Waals surface area contributed by atoms with Gasteiger partial charge >= 0.3 is 12.5 Å². The molecule has 7 heteroatoms. The molecule has 0 aliphatic carbocycles. The van der Waals surface area contributed by atoms with Gasteiger partial charge in [0, 0.05) is 0 Å². The standard InChI is InChI=1S/C17H12F6O/c1-2-14-12(4-3-5-15(14)16(18,19)20)10-11-6-8-13(9-7-11)24-17(21,22)23/h2-9H,1,10H2. The fourth-order valence-electron chi connectivity index (χ4n) is 2.28. The summed E-state index contributed by atoms with van der Waals surface area (Å²) in [5.74, 6) is -0.390. The maximum absolute atomic E-state index is 13.0. The van der Waals surface area contributed by atoms with Gasteiger partial charge in [-0.05, 0) is 41.3 Å². The van der Waals surface area contributed by atoms with Crippen LogP contribution in [0.25, 0.3) is 6.08 Å². The zero-order valence-corrected chi connectivity index (χ0v) is 12.2. The van der Waals surface area contributed by atoms with E-state index in [-0.39, 0.29) is 17.7 Å². The molecule has 0 N–H and O–H groups in total. The van der Waals surface area contributed by atoms with Gasteiger partial charge in [0.05, 0.1) is 5.56 Å². The Bertz CT molecular complexity index is 713. The molecule has 0 fully saturated rings. The van der Waals surface area contributed by atoms with Crippen LogP contribution in [-0.2, 0) is 12.6 Å². The van der Waals surface area contributed by atoms with Crippen LogP contribution in [-0.4, -0.2) is 6.36 Å². The van der Waals surface area contributed by atoms with Gasteiger partial charge in [0.2, 0.25) is 0 Å². The van der Waals surface area contributed by atoms with E-state index in [1.54, 1.807) is 0 Å². The van der Waals surface area contributed by atoms with Crippen molar-refractivity contribution in [3.05, 3.63) is 71.3 Å². The van der Waals surface area contributed by atoms with Crippen LogP contribution < -0.4 is 4.74 Å². The molecule has 24 heavy (non-hydrogen) atoms. The monoisotopic (exact) mass is 346 g/mol. The van der Waals surface area contributed by atoms with E-state index in [0.29, 0.717) is 11.1 Å². The van der Waals surface area contributed by atoms with Crippen LogP contribution in [0.3, 0.4) is 0 Å². The second kappa shape index (κ2) is 6.59. The van der Waals surface area contributed by atoms with Crippen LogP contribution in [0.4, 0.5) is 26.3 Å². The summed E-state index contributed by atoms with van der Waals surface area (Å²) >= 11 is 0. The highest BCUT2D eigenvalue weighted by Gasteiger charge is 2.33. The lowest BCUT2D eigenvalue weighted by atomic mass is 9.95. The van der Waals surface area contributed by atoms with Gasteiger partial charge in [-0.15, -0.1) is 13.2 Å². The fraction of sp³-hybridized carbons (Fsp3) is 0.176. The normalized spacial score (nSPS) is 12.1. The van der Waals surface area contributed by atoms with E-state index in [1.807, 2.05) is 0 Å². The molecule has 1 nitrogen and oxygen atoms in total. The van der Waals surface area contributed by atoms with Crippen molar-refractivity contribution >= 4 is 6.08 Å². The van der Waals surface area contributed by atoms with Crippen molar-refractivity contribution in [2.24, 2.45) is 0 Å². The average molecular weight is 346 g/mol. The lowest BCUT2D eigenvalue weighted by Crippen LogP contribution is -2.17. The Morgan fingerprint density at radius 1 is 0.917 bits per heavy atom. The quantitative estimate of drug-likeness (QED) is 0.632. The maximum atomic E-state index is 13.0.